The van der Waals surface area contributed by atoms with Gasteiger partial charge in [-0.05, 0) is 52.7 Å². The molecule has 1 fully saturated rings. The Morgan fingerprint density at radius 1 is 0.824 bits per heavy atom. The number of carboxylic acids is 1. The topological polar surface area (TPSA) is 94.0 Å². The number of hydrogen-bond donors (Lipinski definition) is 2. The molecule has 170 valence electrons. The number of carbonyl (C=O) groups is 2. The zero-order chi connectivity index (χ0) is 23.7. The molecule has 1 aliphatic rings. The maximum absolute atomic E-state index is 13.5. The van der Waals surface area contributed by atoms with E-state index >= 15 is 0 Å². The largest absolute Gasteiger partial charge is 0.506 e. The zero-order valence-electron chi connectivity index (χ0n) is 18.4. The van der Waals surface area contributed by atoms with Crippen molar-refractivity contribution in [1.29, 1.82) is 0 Å². The van der Waals surface area contributed by atoms with Gasteiger partial charge in [0.15, 0.2) is 0 Å². The quantitative estimate of drug-likeness (QED) is 0.479. The van der Waals surface area contributed by atoms with Crippen LogP contribution < -0.4 is 4.90 Å². The molecule has 1 aromatic heterocycles. The van der Waals surface area contributed by atoms with E-state index in [0.717, 1.165) is 27.6 Å². The number of benzene rings is 3. The number of carboxylic acid groups (broad SMARTS) is 1. The summed E-state index contributed by atoms with van der Waals surface area (Å²) in [5, 5.41) is 20.7. The Labute approximate surface area is 196 Å². The number of anilines is 1. The molecule has 0 saturated carbocycles. The smallest absolute Gasteiger partial charge is 0.335 e. The molecule has 2 heterocycles. The Bertz CT molecular complexity index is 1380. The first-order valence-electron chi connectivity index (χ1n) is 11.0. The Balaban J connectivity index is 1.37. The van der Waals surface area contributed by atoms with E-state index in [-0.39, 0.29) is 17.2 Å². The van der Waals surface area contributed by atoms with Gasteiger partial charge in [0, 0.05) is 49.2 Å². The van der Waals surface area contributed by atoms with Gasteiger partial charge in [-0.2, -0.15) is 0 Å². The number of hydrogen-bond acceptors (Lipinski definition) is 5. The molecule has 0 spiro atoms. The van der Waals surface area contributed by atoms with Crippen molar-refractivity contribution in [2.45, 2.75) is 0 Å². The van der Waals surface area contributed by atoms with E-state index in [1.807, 2.05) is 53.4 Å². The lowest BCUT2D eigenvalue weighted by Crippen LogP contribution is -2.48. The van der Waals surface area contributed by atoms with Crippen LogP contribution in [0.1, 0.15) is 20.7 Å². The van der Waals surface area contributed by atoms with Crippen molar-refractivity contribution in [3.8, 4) is 16.9 Å². The fourth-order valence-corrected chi connectivity index (χ4v) is 4.47. The number of amides is 1. The van der Waals surface area contributed by atoms with Gasteiger partial charge in [0.25, 0.3) is 5.91 Å². The molecule has 0 unspecified atom stereocenters. The number of piperazine rings is 1. The standard InChI is InChI=1S/C27H23N3O4/c31-21-15-19(16-28-17-21)22-9-10-25(24-4-2-1-3-23(22)24)26(32)30-13-11-29(12-14-30)20-7-5-18(6-8-20)27(33)34/h1-10,15-17,31H,11-14H2,(H,33,34). The summed E-state index contributed by atoms with van der Waals surface area (Å²) in [4.78, 5) is 32.7. The molecule has 1 saturated heterocycles. The molecule has 0 radical (unpaired) electrons. The van der Waals surface area contributed by atoms with Crippen molar-refractivity contribution in [2.24, 2.45) is 0 Å². The lowest BCUT2D eigenvalue weighted by atomic mass is 9.95. The van der Waals surface area contributed by atoms with Crippen LogP contribution in [0.25, 0.3) is 21.9 Å². The lowest BCUT2D eigenvalue weighted by molar-refractivity contribution is 0.0695. The van der Waals surface area contributed by atoms with Gasteiger partial charge >= 0.3 is 5.97 Å². The van der Waals surface area contributed by atoms with Crippen LogP contribution in [-0.2, 0) is 0 Å². The summed E-state index contributed by atoms with van der Waals surface area (Å²) in [6, 6.07) is 20.0. The van der Waals surface area contributed by atoms with Gasteiger partial charge in [-0.25, -0.2) is 4.79 Å². The van der Waals surface area contributed by atoms with Crippen LogP contribution in [0.2, 0.25) is 0 Å². The Morgan fingerprint density at radius 2 is 1.53 bits per heavy atom. The Hall–Kier alpha value is -4.39. The zero-order valence-corrected chi connectivity index (χ0v) is 18.4. The molecule has 1 amide bonds. The average Bonchev–Trinajstić information content (AvgIpc) is 2.88. The second-order valence-corrected chi connectivity index (χ2v) is 8.27. The summed E-state index contributed by atoms with van der Waals surface area (Å²) in [5.74, 6) is -0.865. The first kappa shape index (κ1) is 21.5. The summed E-state index contributed by atoms with van der Waals surface area (Å²) in [6.45, 7) is 2.49. The van der Waals surface area contributed by atoms with Crippen molar-refractivity contribution in [1.82, 2.24) is 9.88 Å². The van der Waals surface area contributed by atoms with Gasteiger partial charge in [-0.15, -0.1) is 0 Å². The number of rotatable bonds is 4. The molecule has 0 bridgehead atoms. The highest BCUT2D eigenvalue weighted by Crippen LogP contribution is 2.32. The highest BCUT2D eigenvalue weighted by molar-refractivity contribution is 6.11. The SMILES string of the molecule is O=C(O)c1ccc(N2CCN(C(=O)c3ccc(-c4cncc(O)c4)c4ccccc34)CC2)cc1. The summed E-state index contributed by atoms with van der Waals surface area (Å²) < 4.78 is 0. The average molecular weight is 453 g/mol. The van der Waals surface area contributed by atoms with E-state index in [1.165, 1.54) is 6.20 Å². The van der Waals surface area contributed by atoms with E-state index in [1.54, 1.807) is 24.4 Å². The second-order valence-electron chi connectivity index (χ2n) is 8.27. The summed E-state index contributed by atoms with van der Waals surface area (Å²) in [7, 11) is 0. The fourth-order valence-electron chi connectivity index (χ4n) is 4.47. The molecular formula is C27H23N3O4. The van der Waals surface area contributed by atoms with Crippen LogP contribution in [0, 0.1) is 0 Å². The highest BCUT2D eigenvalue weighted by Gasteiger charge is 2.24. The van der Waals surface area contributed by atoms with E-state index < -0.39 is 5.97 Å². The molecule has 0 atom stereocenters. The number of aromatic nitrogens is 1. The monoisotopic (exact) mass is 453 g/mol. The van der Waals surface area contributed by atoms with Crippen LogP contribution in [0.4, 0.5) is 5.69 Å². The van der Waals surface area contributed by atoms with Gasteiger partial charge in [-0.1, -0.05) is 30.3 Å². The van der Waals surface area contributed by atoms with E-state index in [0.29, 0.717) is 31.7 Å². The van der Waals surface area contributed by atoms with Crippen LogP contribution in [-0.4, -0.2) is 58.2 Å². The van der Waals surface area contributed by atoms with E-state index in [2.05, 4.69) is 9.88 Å². The van der Waals surface area contributed by atoms with Gasteiger partial charge in [0.2, 0.25) is 0 Å². The van der Waals surface area contributed by atoms with Crippen LogP contribution in [0.15, 0.2) is 79.1 Å². The molecule has 4 aromatic rings. The normalized spacial score (nSPS) is 13.8. The van der Waals surface area contributed by atoms with E-state index in [9.17, 15) is 14.7 Å². The van der Waals surface area contributed by atoms with Gasteiger partial charge in [0.1, 0.15) is 5.75 Å². The van der Waals surface area contributed by atoms with Crippen molar-refractivity contribution in [3.63, 3.8) is 0 Å². The third-order valence-corrected chi connectivity index (χ3v) is 6.24. The molecular weight excluding hydrogens is 430 g/mol. The molecule has 34 heavy (non-hydrogen) atoms. The first-order valence-corrected chi connectivity index (χ1v) is 11.0. The van der Waals surface area contributed by atoms with E-state index in [4.69, 9.17) is 5.11 Å². The maximum atomic E-state index is 13.5. The minimum Gasteiger partial charge on any atom is -0.506 e. The second kappa shape index (κ2) is 8.86. The molecule has 1 aliphatic heterocycles. The summed E-state index contributed by atoms with van der Waals surface area (Å²) in [5.41, 5.74) is 3.55. The number of fused-ring (bicyclic) bond motifs is 1. The van der Waals surface area contributed by atoms with Crippen molar-refractivity contribution < 1.29 is 19.8 Å². The summed E-state index contributed by atoms with van der Waals surface area (Å²) in [6.07, 6.45) is 3.09. The van der Waals surface area contributed by atoms with Gasteiger partial charge in [-0.3, -0.25) is 9.78 Å². The van der Waals surface area contributed by atoms with Gasteiger partial charge < -0.3 is 20.0 Å². The Kier molecular flexibility index (Phi) is 5.59. The first-order chi connectivity index (χ1) is 16.5. The molecule has 7 heteroatoms. The maximum Gasteiger partial charge on any atom is 0.335 e. The van der Waals surface area contributed by atoms with Crippen molar-refractivity contribution >= 4 is 28.3 Å². The number of nitrogens with zero attached hydrogens (tertiary/aromatic N) is 3. The molecule has 2 N–H and O–H groups in total. The predicted molar refractivity (Wildman–Crippen MR) is 130 cm³/mol. The number of aromatic carboxylic acids is 1. The minimum atomic E-state index is -0.944. The lowest BCUT2D eigenvalue weighted by Gasteiger charge is -2.36. The minimum absolute atomic E-state index is 0.0161. The molecule has 5 rings (SSSR count). The number of aromatic hydroxyl groups is 1. The Morgan fingerprint density at radius 3 is 2.21 bits per heavy atom. The van der Waals surface area contributed by atoms with Crippen LogP contribution in [0.5, 0.6) is 5.75 Å². The summed E-state index contributed by atoms with van der Waals surface area (Å²) >= 11 is 0. The fraction of sp³-hybridized carbons (Fsp3) is 0.148. The number of pyridine rings is 1. The van der Waals surface area contributed by atoms with Gasteiger partial charge in [0.05, 0.1) is 11.8 Å². The van der Waals surface area contributed by atoms with Crippen LogP contribution in [0.3, 0.4) is 0 Å². The van der Waals surface area contributed by atoms with Crippen molar-refractivity contribution in [2.75, 3.05) is 31.1 Å². The molecule has 3 aromatic carbocycles. The molecule has 7 nitrogen and oxygen atoms in total. The molecule has 0 aliphatic carbocycles. The van der Waals surface area contributed by atoms with Crippen molar-refractivity contribution in [3.05, 3.63) is 90.3 Å². The third kappa shape index (κ3) is 4.03. The third-order valence-electron chi connectivity index (χ3n) is 6.24. The highest BCUT2D eigenvalue weighted by atomic mass is 16.4. The van der Waals surface area contributed by atoms with Crippen LogP contribution >= 0.6 is 0 Å². The number of carbonyl (C=O) groups excluding carboxylic acids is 1. The predicted octanol–water partition coefficient (Wildman–Crippen LogP) is 4.27.